The van der Waals surface area contributed by atoms with Crippen LogP contribution >= 0.6 is 0 Å². The van der Waals surface area contributed by atoms with Crippen molar-refractivity contribution < 1.29 is 19.0 Å². The molecule has 0 radical (unpaired) electrons. The van der Waals surface area contributed by atoms with Gasteiger partial charge in [0.05, 0.1) is 31.7 Å². The van der Waals surface area contributed by atoms with Crippen LogP contribution < -0.4 is 19.5 Å². The summed E-state index contributed by atoms with van der Waals surface area (Å²) in [7, 11) is 0. The van der Waals surface area contributed by atoms with Crippen LogP contribution in [0.25, 0.3) is 5.65 Å². The molecule has 0 aliphatic carbocycles. The predicted molar refractivity (Wildman–Crippen MR) is 110 cm³/mol. The third-order valence-electron chi connectivity index (χ3n) is 4.15. The third-order valence-corrected chi connectivity index (χ3v) is 4.15. The molecule has 29 heavy (non-hydrogen) atoms. The predicted octanol–water partition coefficient (Wildman–Crippen LogP) is 3.79. The monoisotopic (exact) mass is 398 g/mol. The van der Waals surface area contributed by atoms with Gasteiger partial charge in [-0.1, -0.05) is 0 Å². The highest BCUT2D eigenvalue weighted by atomic mass is 16.5. The Morgan fingerprint density at radius 2 is 1.62 bits per heavy atom. The molecular formula is C21H26N4O4. The van der Waals surface area contributed by atoms with E-state index < -0.39 is 0 Å². The second kappa shape index (κ2) is 8.81. The molecule has 2 heterocycles. The number of anilines is 1. The van der Waals surface area contributed by atoms with E-state index in [1.807, 2.05) is 40.7 Å². The standard InChI is InChI=1S/C21H26N4O4/c1-6-27-17-10-15(11-18(28-7-2)19(17)29-8-3)21(26)23-16-9-13(4)20-22-14(5)24-25(20)12-16/h9-12H,6-8H2,1-5H3,(H,23,26). The van der Waals surface area contributed by atoms with Gasteiger partial charge in [-0.2, -0.15) is 5.10 Å². The molecule has 3 rings (SSSR count). The van der Waals surface area contributed by atoms with Gasteiger partial charge in [-0.05, 0) is 58.4 Å². The third kappa shape index (κ3) is 4.42. The second-order valence-electron chi connectivity index (χ2n) is 6.39. The van der Waals surface area contributed by atoms with E-state index in [4.69, 9.17) is 14.2 Å². The van der Waals surface area contributed by atoms with Crippen molar-refractivity contribution in [1.82, 2.24) is 14.6 Å². The minimum atomic E-state index is -0.287. The van der Waals surface area contributed by atoms with Gasteiger partial charge in [-0.25, -0.2) is 9.50 Å². The molecule has 1 N–H and O–H groups in total. The fourth-order valence-electron chi connectivity index (χ4n) is 3.05. The summed E-state index contributed by atoms with van der Waals surface area (Å²) in [6, 6.07) is 5.19. The van der Waals surface area contributed by atoms with Gasteiger partial charge in [-0.15, -0.1) is 0 Å². The zero-order valence-electron chi connectivity index (χ0n) is 17.4. The number of rotatable bonds is 8. The summed E-state index contributed by atoms with van der Waals surface area (Å²) in [5.74, 6) is 1.84. The number of aryl methyl sites for hydroxylation is 2. The molecule has 0 saturated carbocycles. The molecule has 154 valence electrons. The number of carbonyl (C=O) groups is 1. The minimum Gasteiger partial charge on any atom is -0.490 e. The lowest BCUT2D eigenvalue weighted by atomic mass is 10.1. The van der Waals surface area contributed by atoms with Crippen LogP contribution in [0, 0.1) is 13.8 Å². The average molecular weight is 398 g/mol. The van der Waals surface area contributed by atoms with Crippen LogP contribution in [0.5, 0.6) is 17.2 Å². The summed E-state index contributed by atoms with van der Waals surface area (Å²) in [5.41, 5.74) is 2.71. The van der Waals surface area contributed by atoms with Gasteiger partial charge < -0.3 is 19.5 Å². The number of amides is 1. The van der Waals surface area contributed by atoms with Gasteiger partial charge in [0.1, 0.15) is 5.82 Å². The lowest BCUT2D eigenvalue weighted by Gasteiger charge is -2.17. The maximum atomic E-state index is 12.9. The molecule has 2 aromatic heterocycles. The smallest absolute Gasteiger partial charge is 0.255 e. The molecule has 0 bridgehead atoms. The molecule has 1 amide bonds. The first-order valence-electron chi connectivity index (χ1n) is 9.68. The Morgan fingerprint density at radius 1 is 1.00 bits per heavy atom. The van der Waals surface area contributed by atoms with E-state index in [-0.39, 0.29) is 5.91 Å². The van der Waals surface area contributed by atoms with E-state index in [1.54, 1.807) is 22.8 Å². The van der Waals surface area contributed by atoms with E-state index in [0.29, 0.717) is 54.1 Å². The minimum absolute atomic E-state index is 0.287. The van der Waals surface area contributed by atoms with Crippen molar-refractivity contribution in [3.8, 4) is 17.2 Å². The van der Waals surface area contributed by atoms with Crippen molar-refractivity contribution in [3.05, 3.63) is 41.3 Å². The van der Waals surface area contributed by atoms with E-state index in [1.165, 1.54) is 0 Å². The zero-order valence-corrected chi connectivity index (χ0v) is 17.4. The number of nitrogens with zero attached hydrogens (tertiary/aromatic N) is 3. The molecule has 3 aromatic rings. The van der Waals surface area contributed by atoms with Crippen molar-refractivity contribution in [1.29, 1.82) is 0 Å². The maximum Gasteiger partial charge on any atom is 0.255 e. The van der Waals surface area contributed by atoms with Gasteiger partial charge in [-0.3, -0.25) is 4.79 Å². The van der Waals surface area contributed by atoms with Crippen molar-refractivity contribution in [2.45, 2.75) is 34.6 Å². The van der Waals surface area contributed by atoms with Crippen molar-refractivity contribution in [2.24, 2.45) is 0 Å². The fraction of sp³-hybridized carbons (Fsp3) is 0.381. The normalized spacial score (nSPS) is 10.8. The van der Waals surface area contributed by atoms with E-state index >= 15 is 0 Å². The maximum absolute atomic E-state index is 12.9. The lowest BCUT2D eigenvalue weighted by Crippen LogP contribution is -2.14. The molecule has 0 aliphatic rings. The van der Waals surface area contributed by atoms with Crippen LogP contribution in [0.2, 0.25) is 0 Å². The number of ether oxygens (including phenoxy) is 3. The first-order valence-corrected chi connectivity index (χ1v) is 9.68. The largest absolute Gasteiger partial charge is 0.490 e. The highest BCUT2D eigenvalue weighted by Gasteiger charge is 2.19. The highest BCUT2D eigenvalue weighted by Crippen LogP contribution is 2.39. The van der Waals surface area contributed by atoms with Gasteiger partial charge >= 0.3 is 0 Å². The van der Waals surface area contributed by atoms with Crippen LogP contribution in [-0.2, 0) is 0 Å². The summed E-state index contributed by atoms with van der Waals surface area (Å²) in [4.78, 5) is 17.3. The Kier molecular flexibility index (Phi) is 6.21. The Hall–Kier alpha value is -3.29. The molecule has 0 atom stereocenters. The van der Waals surface area contributed by atoms with Gasteiger partial charge in [0.25, 0.3) is 5.91 Å². The number of hydrogen-bond acceptors (Lipinski definition) is 6. The van der Waals surface area contributed by atoms with Gasteiger partial charge in [0.15, 0.2) is 17.1 Å². The Labute approximate surface area is 169 Å². The van der Waals surface area contributed by atoms with Crippen LogP contribution in [0.15, 0.2) is 24.4 Å². The summed E-state index contributed by atoms with van der Waals surface area (Å²) in [5, 5.41) is 7.23. The molecule has 8 nitrogen and oxygen atoms in total. The highest BCUT2D eigenvalue weighted by molar-refractivity contribution is 6.05. The first kappa shape index (κ1) is 20.4. The van der Waals surface area contributed by atoms with Crippen molar-refractivity contribution in [3.63, 3.8) is 0 Å². The number of aromatic nitrogens is 3. The molecule has 8 heteroatoms. The summed E-state index contributed by atoms with van der Waals surface area (Å²) < 4.78 is 18.7. The summed E-state index contributed by atoms with van der Waals surface area (Å²) >= 11 is 0. The number of pyridine rings is 1. The van der Waals surface area contributed by atoms with E-state index in [0.717, 1.165) is 11.2 Å². The van der Waals surface area contributed by atoms with Crippen LogP contribution in [0.4, 0.5) is 5.69 Å². The lowest BCUT2D eigenvalue weighted by molar-refractivity contribution is 0.102. The molecule has 1 aromatic carbocycles. The summed E-state index contributed by atoms with van der Waals surface area (Å²) in [6.45, 7) is 10.7. The summed E-state index contributed by atoms with van der Waals surface area (Å²) in [6.07, 6.45) is 1.74. The quantitative estimate of drug-likeness (QED) is 0.621. The van der Waals surface area contributed by atoms with Crippen molar-refractivity contribution in [2.75, 3.05) is 25.1 Å². The molecule has 0 fully saturated rings. The van der Waals surface area contributed by atoms with Crippen LogP contribution in [0.1, 0.15) is 42.5 Å². The first-order chi connectivity index (χ1) is 14.0. The van der Waals surface area contributed by atoms with E-state index in [9.17, 15) is 4.79 Å². The fourth-order valence-corrected chi connectivity index (χ4v) is 3.05. The number of benzene rings is 1. The zero-order chi connectivity index (χ0) is 21.0. The van der Waals surface area contributed by atoms with Crippen LogP contribution in [-0.4, -0.2) is 40.3 Å². The number of fused-ring (bicyclic) bond motifs is 1. The molecule has 0 aliphatic heterocycles. The van der Waals surface area contributed by atoms with E-state index in [2.05, 4.69) is 15.4 Å². The molecule has 0 unspecified atom stereocenters. The number of nitrogens with one attached hydrogen (secondary N) is 1. The molecular weight excluding hydrogens is 372 g/mol. The van der Waals surface area contributed by atoms with Gasteiger partial charge in [0, 0.05) is 5.56 Å². The average Bonchev–Trinajstić information content (AvgIpc) is 3.05. The number of hydrogen-bond donors (Lipinski definition) is 1. The Balaban J connectivity index is 1.95. The Morgan fingerprint density at radius 3 is 2.21 bits per heavy atom. The van der Waals surface area contributed by atoms with Crippen molar-refractivity contribution >= 4 is 17.2 Å². The SMILES string of the molecule is CCOc1cc(C(=O)Nc2cc(C)c3nc(C)nn3c2)cc(OCC)c1OCC. The second-order valence-corrected chi connectivity index (χ2v) is 6.39. The number of carbonyl (C=O) groups excluding carboxylic acids is 1. The topological polar surface area (TPSA) is 87.0 Å². The van der Waals surface area contributed by atoms with Gasteiger partial charge in [0.2, 0.25) is 5.75 Å². The Bertz CT molecular complexity index is 1000. The van der Waals surface area contributed by atoms with Crippen LogP contribution in [0.3, 0.4) is 0 Å². The molecule has 0 spiro atoms. The molecule has 0 saturated heterocycles.